The molecular weight excluding hydrogens is 252 g/mol. The lowest BCUT2D eigenvalue weighted by molar-refractivity contribution is 0.411. The Morgan fingerprint density at radius 2 is 2.15 bits per heavy atom. The van der Waals surface area contributed by atoms with Crippen LogP contribution < -0.4 is 10.1 Å². The molecule has 0 aliphatic rings. The predicted octanol–water partition coefficient (Wildman–Crippen LogP) is 2.05. The first-order valence-electron chi connectivity index (χ1n) is 6.42. The Hall–Kier alpha value is -2.40. The van der Waals surface area contributed by atoms with Crippen molar-refractivity contribution in [2.45, 2.75) is 6.04 Å². The number of ether oxygens (including phenoxy) is 1. The number of methoxy groups -OCH3 is 1. The third-order valence-electron chi connectivity index (χ3n) is 3.36. The standard InChI is InChI=1S/C15H16N4O/c1-16-15(11-7-12(20-2)9-17-8-11)13-10-18-19-6-4-3-5-14(13)19/h3-10,15-16H,1-2H3. The third kappa shape index (κ3) is 2.12. The van der Waals surface area contributed by atoms with Gasteiger partial charge >= 0.3 is 0 Å². The van der Waals surface area contributed by atoms with Crippen LogP contribution in [-0.4, -0.2) is 28.8 Å². The molecule has 3 heterocycles. The zero-order valence-corrected chi connectivity index (χ0v) is 11.4. The van der Waals surface area contributed by atoms with E-state index in [0.717, 1.165) is 22.4 Å². The van der Waals surface area contributed by atoms with Crippen molar-refractivity contribution in [3.63, 3.8) is 0 Å². The van der Waals surface area contributed by atoms with Gasteiger partial charge in [0.25, 0.3) is 0 Å². The van der Waals surface area contributed by atoms with E-state index >= 15 is 0 Å². The van der Waals surface area contributed by atoms with E-state index in [4.69, 9.17) is 4.74 Å². The molecule has 0 saturated heterocycles. The van der Waals surface area contributed by atoms with Crippen LogP contribution in [-0.2, 0) is 0 Å². The second-order valence-corrected chi connectivity index (χ2v) is 4.51. The van der Waals surface area contributed by atoms with Gasteiger partial charge in [-0.3, -0.25) is 4.98 Å². The molecule has 1 atom stereocenters. The zero-order valence-electron chi connectivity index (χ0n) is 11.4. The largest absolute Gasteiger partial charge is 0.495 e. The Labute approximate surface area is 117 Å². The molecular formula is C15H16N4O. The Morgan fingerprint density at radius 3 is 2.95 bits per heavy atom. The number of pyridine rings is 2. The molecule has 0 fully saturated rings. The molecule has 5 nitrogen and oxygen atoms in total. The van der Waals surface area contributed by atoms with Crippen LogP contribution in [0.3, 0.4) is 0 Å². The van der Waals surface area contributed by atoms with Gasteiger partial charge in [-0.2, -0.15) is 5.10 Å². The summed E-state index contributed by atoms with van der Waals surface area (Å²) in [6, 6.07) is 8.04. The SMILES string of the molecule is CNC(c1cncc(OC)c1)c1cnn2ccccc12. The lowest BCUT2D eigenvalue weighted by Gasteiger charge is -2.16. The minimum Gasteiger partial charge on any atom is -0.495 e. The average molecular weight is 268 g/mol. The molecule has 3 aromatic heterocycles. The molecule has 3 aromatic rings. The number of rotatable bonds is 4. The van der Waals surface area contributed by atoms with Gasteiger partial charge in [-0.15, -0.1) is 0 Å². The van der Waals surface area contributed by atoms with E-state index < -0.39 is 0 Å². The number of nitrogens with zero attached hydrogens (tertiary/aromatic N) is 3. The van der Waals surface area contributed by atoms with E-state index in [-0.39, 0.29) is 6.04 Å². The highest BCUT2D eigenvalue weighted by molar-refractivity contribution is 5.57. The lowest BCUT2D eigenvalue weighted by Crippen LogP contribution is -2.17. The second kappa shape index (κ2) is 5.30. The molecule has 0 aliphatic heterocycles. The smallest absolute Gasteiger partial charge is 0.137 e. The Morgan fingerprint density at radius 1 is 1.25 bits per heavy atom. The number of nitrogens with one attached hydrogen (secondary N) is 1. The van der Waals surface area contributed by atoms with Gasteiger partial charge in [0.2, 0.25) is 0 Å². The van der Waals surface area contributed by atoms with Gasteiger partial charge in [-0.25, -0.2) is 4.52 Å². The van der Waals surface area contributed by atoms with Crippen molar-refractivity contribution in [3.8, 4) is 5.75 Å². The number of fused-ring (bicyclic) bond motifs is 1. The normalized spacial score (nSPS) is 12.5. The summed E-state index contributed by atoms with van der Waals surface area (Å²) in [7, 11) is 3.57. The monoisotopic (exact) mass is 268 g/mol. The fraction of sp³-hybridized carbons (Fsp3) is 0.200. The van der Waals surface area contributed by atoms with Crippen LogP contribution in [0, 0.1) is 0 Å². The van der Waals surface area contributed by atoms with Crippen molar-refractivity contribution in [1.29, 1.82) is 0 Å². The molecule has 0 saturated carbocycles. The van der Waals surface area contributed by atoms with Gasteiger partial charge in [0.1, 0.15) is 5.75 Å². The van der Waals surface area contributed by atoms with E-state index in [9.17, 15) is 0 Å². The van der Waals surface area contributed by atoms with Crippen LogP contribution in [0.4, 0.5) is 0 Å². The molecule has 3 rings (SSSR count). The summed E-state index contributed by atoms with van der Waals surface area (Å²) in [6.07, 6.45) is 7.37. The molecule has 1 N–H and O–H groups in total. The number of hydrogen-bond donors (Lipinski definition) is 1. The van der Waals surface area contributed by atoms with Crippen molar-refractivity contribution < 1.29 is 4.74 Å². The molecule has 0 aromatic carbocycles. The number of aromatic nitrogens is 3. The Kier molecular flexibility index (Phi) is 3.35. The summed E-state index contributed by atoms with van der Waals surface area (Å²) >= 11 is 0. The Bertz CT molecular complexity index is 722. The maximum atomic E-state index is 5.24. The van der Waals surface area contributed by atoms with E-state index in [1.807, 2.05) is 48.4 Å². The quantitative estimate of drug-likeness (QED) is 0.787. The molecule has 20 heavy (non-hydrogen) atoms. The molecule has 0 amide bonds. The van der Waals surface area contributed by atoms with Gasteiger partial charge in [-0.05, 0) is 30.8 Å². The highest BCUT2D eigenvalue weighted by Crippen LogP contribution is 2.26. The first kappa shape index (κ1) is 12.6. The van der Waals surface area contributed by atoms with Crippen molar-refractivity contribution in [2.24, 2.45) is 0 Å². The summed E-state index contributed by atoms with van der Waals surface area (Å²) in [5, 5.41) is 7.70. The van der Waals surface area contributed by atoms with Crippen LogP contribution >= 0.6 is 0 Å². The first-order valence-corrected chi connectivity index (χ1v) is 6.42. The van der Waals surface area contributed by atoms with Crippen molar-refractivity contribution in [3.05, 3.63) is 60.2 Å². The van der Waals surface area contributed by atoms with Crippen LogP contribution in [0.5, 0.6) is 5.75 Å². The van der Waals surface area contributed by atoms with Crippen molar-refractivity contribution >= 4 is 5.52 Å². The van der Waals surface area contributed by atoms with Crippen LogP contribution in [0.1, 0.15) is 17.2 Å². The predicted molar refractivity (Wildman–Crippen MR) is 76.9 cm³/mol. The van der Waals surface area contributed by atoms with Crippen LogP contribution in [0.2, 0.25) is 0 Å². The highest BCUT2D eigenvalue weighted by Gasteiger charge is 2.17. The van der Waals surface area contributed by atoms with E-state index in [2.05, 4.69) is 21.5 Å². The van der Waals surface area contributed by atoms with Crippen molar-refractivity contribution in [1.82, 2.24) is 19.9 Å². The summed E-state index contributed by atoms with van der Waals surface area (Å²) in [5.74, 6) is 0.749. The van der Waals surface area contributed by atoms with Gasteiger partial charge < -0.3 is 10.1 Å². The fourth-order valence-electron chi connectivity index (χ4n) is 2.38. The van der Waals surface area contributed by atoms with Gasteiger partial charge in [-0.1, -0.05) is 6.07 Å². The molecule has 1 unspecified atom stereocenters. The molecule has 102 valence electrons. The molecule has 0 spiro atoms. The maximum Gasteiger partial charge on any atom is 0.137 e. The number of hydrogen-bond acceptors (Lipinski definition) is 4. The van der Waals surface area contributed by atoms with E-state index in [0.29, 0.717) is 0 Å². The minimum absolute atomic E-state index is 0.0255. The lowest BCUT2D eigenvalue weighted by atomic mass is 10.0. The highest BCUT2D eigenvalue weighted by atomic mass is 16.5. The van der Waals surface area contributed by atoms with Gasteiger partial charge in [0.05, 0.1) is 31.1 Å². The van der Waals surface area contributed by atoms with Gasteiger partial charge in [0.15, 0.2) is 0 Å². The topological polar surface area (TPSA) is 51.5 Å². The van der Waals surface area contributed by atoms with Crippen LogP contribution in [0.15, 0.2) is 49.1 Å². The van der Waals surface area contributed by atoms with E-state index in [1.165, 1.54) is 0 Å². The molecule has 0 aliphatic carbocycles. The fourth-order valence-corrected chi connectivity index (χ4v) is 2.38. The molecule has 0 radical (unpaired) electrons. The second-order valence-electron chi connectivity index (χ2n) is 4.51. The maximum absolute atomic E-state index is 5.24. The van der Waals surface area contributed by atoms with Gasteiger partial charge in [0, 0.05) is 18.0 Å². The van der Waals surface area contributed by atoms with E-state index in [1.54, 1.807) is 13.3 Å². The summed E-state index contributed by atoms with van der Waals surface area (Å²) in [6.45, 7) is 0. The summed E-state index contributed by atoms with van der Waals surface area (Å²) < 4.78 is 7.11. The third-order valence-corrected chi connectivity index (χ3v) is 3.36. The van der Waals surface area contributed by atoms with Crippen LogP contribution in [0.25, 0.3) is 5.52 Å². The Balaban J connectivity index is 2.09. The summed E-state index contributed by atoms with van der Waals surface area (Å²) in [4.78, 5) is 4.22. The first-order chi connectivity index (χ1) is 9.83. The van der Waals surface area contributed by atoms with Crippen molar-refractivity contribution in [2.75, 3.05) is 14.2 Å². The molecule has 5 heteroatoms. The zero-order chi connectivity index (χ0) is 13.9. The minimum atomic E-state index is 0.0255. The summed E-state index contributed by atoms with van der Waals surface area (Å²) in [5.41, 5.74) is 3.24. The molecule has 0 bridgehead atoms. The average Bonchev–Trinajstić information content (AvgIpc) is 2.93.